The summed E-state index contributed by atoms with van der Waals surface area (Å²) in [5.41, 5.74) is 2.40. The number of hydrogen-bond donors (Lipinski definition) is 2. The van der Waals surface area contributed by atoms with Crippen molar-refractivity contribution in [1.82, 2.24) is 20.4 Å². The molecule has 2 unspecified atom stereocenters. The molecule has 5 nitrogen and oxygen atoms in total. The van der Waals surface area contributed by atoms with Crippen molar-refractivity contribution >= 4 is 17.5 Å². The molecule has 1 amide bonds. The number of benzene rings is 1. The predicted molar refractivity (Wildman–Crippen MR) is 101 cm³/mol. The van der Waals surface area contributed by atoms with Gasteiger partial charge < -0.3 is 10.6 Å². The van der Waals surface area contributed by atoms with Crippen LogP contribution in [0.2, 0.25) is 5.02 Å². The van der Waals surface area contributed by atoms with Crippen LogP contribution < -0.4 is 10.6 Å². The van der Waals surface area contributed by atoms with Crippen LogP contribution in [-0.4, -0.2) is 34.3 Å². The summed E-state index contributed by atoms with van der Waals surface area (Å²) in [6.45, 7) is 7.26. The molecule has 2 aromatic rings. The quantitative estimate of drug-likeness (QED) is 0.877. The summed E-state index contributed by atoms with van der Waals surface area (Å²) in [4.78, 5) is 12.9. The van der Waals surface area contributed by atoms with E-state index in [1.165, 1.54) is 0 Å². The fourth-order valence-corrected chi connectivity index (χ4v) is 3.57. The number of halogens is 1. The molecule has 1 saturated heterocycles. The summed E-state index contributed by atoms with van der Waals surface area (Å²) in [6.07, 6.45) is 3.74. The summed E-state index contributed by atoms with van der Waals surface area (Å²) < 4.78 is 1.81. The Kier molecular flexibility index (Phi) is 5.45. The number of piperidine rings is 1. The normalized spacial score (nSPS) is 20.7. The smallest absolute Gasteiger partial charge is 0.255 e. The Bertz CT molecular complexity index is 756. The lowest BCUT2D eigenvalue weighted by atomic mass is 9.99. The van der Waals surface area contributed by atoms with Gasteiger partial charge in [0, 0.05) is 17.1 Å². The molecule has 2 heterocycles. The highest BCUT2D eigenvalue weighted by Crippen LogP contribution is 2.25. The Morgan fingerprint density at radius 2 is 2.24 bits per heavy atom. The van der Waals surface area contributed by atoms with Gasteiger partial charge in [-0.25, -0.2) is 4.68 Å². The number of aromatic nitrogens is 2. The Morgan fingerprint density at radius 3 is 2.92 bits per heavy atom. The zero-order valence-electron chi connectivity index (χ0n) is 14.9. The molecule has 2 atom stereocenters. The van der Waals surface area contributed by atoms with Gasteiger partial charge in [-0.15, -0.1) is 0 Å². The van der Waals surface area contributed by atoms with Crippen LogP contribution in [0.15, 0.2) is 30.5 Å². The van der Waals surface area contributed by atoms with E-state index < -0.39 is 0 Å². The van der Waals surface area contributed by atoms with Crippen molar-refractivity contribution in [3.8, 4) is 5.69 Å². The molecule has 1 fully saturated rings. The Morgan fingerprint density at radius 1 is 1.44 bits per heavy atom. The van der Waals surface area contributed by atoms with Crippen LogP contribution in [0.5, 0.6) is 0 Å². The van der Waals surface area contributed by atoms with Gasteiger partial charge in [-0.1, -0.05) is 31.5 Å². The Balaban J connectivity index is 1.90. The largest absolute Gasteiger partial charge is 0.348 e. The molecule has 1 aliphatic heterocycles. The molecule has 1 aromatic heterocycles. The van der Waals surface area contributed by atoms with Crippen LogP contribution in [0.3, 0.4) is 0 Å². The molecule has 0 bridgehead atoms. The van der Waals surface area contributed by atoms with Crippen molar-refractivity contribution in [2.24, 2.45) is 0 Å². The monoisotopic (exact) mass is 360 g/mol. The maximum atomic E-state index is 12.9. The van der Waals surface area contributed by atoms with E-state index in [1.54, 1.807) is 6.20 Å². The third kappa shape index (κ3) is 3.88. The summed E-state index contributed by atoms with van der Waals surface area (Å²) in [5, 5.41) is 11.7. The van der Waals surface area contributed by atoms with Crippen LogP contribution in [0.4, 0.5) is 0 Å². The zero-order chi connectivity index (χ0) is 18.0. The molecular formula is C19H25ClN4O. The van der Waals surface area contributed by atoms with Gasteiger partial charge in [-0.2, -0.15) is 5.10 Å². The fraction of sp³-hybridized carbons (Fsp3) is 0.474. The number of amides is 1. The lowest BCUT2D eigenvalue weighted by Crippen LogP contribution is -2.52. The van der Waals surface area contributed by atoms with Crippen LogP contribution in [0.1, 0.15) is 55.6 Å². The summed E-state index contributed by atoms with van der Waals surface area (Å²) >= 11 is 6.11. The molecule has 0 aliphatic carbocycles. The second kappa shape index (κ2) is 7.58. The zero-order valence-corrected chi connectivity index (χ0v) is 15.7. The van der Waals surface area contributed by atoms with Crippen LogP contribution in [0, 0.1) is 0 Å². The molecule has 1 aromatic carbocycles. The minimum absolute atomic E-state index is 0.0578. The third-order valence-corrected chi connectivity index (χ3v) is 4.96. The first-order chi connectivity index (χ1) is 12.0. The first-order valence-electron chi connectivity index (χ1n) is 8.85. The van der Waals surface area contributed by atoms with E-state index in [2.05, 4.69) is 36.5 Å². The van der Waals surface area contributed by atoms with Gasteiger partial charge in [-0.3, -0.25) is 4.79 Å². The van der Waals surface area contributed by atoms with E-state index in [0.29, 0.717) is 10.6 Å². The minimum atomic E-state index is -0.0578. The van der Waals surface area contributed by atoms with E-state index in [4.69, 9.17) is 11.6 Å². The molecular weight excluding hydrogens is 336 g/mol. The second-order valence-electron chi connectivity index (χ2n) is 6.95. The highest BCUT2D eigenvalue weighted by atomic mass is 35.5. The minimum Gasteiger partial charge on any atom is -0.348 e. The van der Waals surface area contributed by atoms with E-state index in [-0.39, 0.29) is 23.9 Å². The lowest BCUT2D eigenvalue weighted by molar-refractivity contribution is 0.0918. The van der Waals surface area contributed by atoms with Gasteiger partial charge in [0.2, 0.25) is 0 Å². The van der Waals surface area contributed by atoms with E-state index in [1.807, 2.05) is 28.9 Å². The number of carbonyl (C=O) groups is 1. The van der Waals surface area contributed by atoms with Gasteiger partial charge in [0.1, 0.15) is 0 Å². The molecule has 0 radical (unpaired) electrons. The fourth-order valence-electron chi connectivity index (χ4n) is 3.39. The van der Waals surface area contributed by atoms with Gasteiger partial charge in [-0.05, 0) is 50.4 Å². The van der Waals surface area contributed by atoms with Gasteiger partial charge in [0.05, 0.1) is 23.1 Å². The molecule has 1 aliphatic rings. The van der Waals surface area contributed by atoms with E-state index in [9.17, 15) is 4.79 Å². The molecule has 3 rings (SSSR count). The standard InChI is InChI=1S/C19H25ClN4O/c1-12(2)18-16(19(25)23-17-8-5-9-21-13(17)3)11-22-24(18)15-7-4-6-14(20)10-15/h4,6-7,10-13,17,21H,5,8-9H2,1-3H3,(H,23,25). The Hall–Kier alpha value is -1.85. The highest BCUT2D eigenvalue weighted by Gasteiger charge is 2.26. The molecule has 2 N–H and O–H groups in total. The summed E-state index contributed by atoms with van der Waals surface area (Å²) in [5.74, 6) is 0.0988. The molecule has 6 heteroatoms. The SMILES string of the molecule is CC(C)c1c(C(=O)NC2CCCNC2C)cnn1-c1cccc(Cl)c1. The molecule has 0 saturated carbocycles. The van der Waals surface area contributed by atoms with Crippen molar-refractivity contribution in [1.29, 1.82) is 0 Å². The lowest BCUT2D eigenvalue weighted by Gasteiger charge is -2.30. The number of carbonyl (C=O) groups excluding carboxylic acids is 1. The maximum Gasteiger partial charge on any atom is 0.255 e. The molecule has 0 spiro atoms. The number of nitrogens with zero attached hydrogens (tertiary/aromatic N) is 2. The number of hydrogen-bond acceptors (Lipinski definition) is 3. The van der Waals surface area contributed by atoms with Gasteiger partial charge in [0.25, 0.3) is 5.91 Å². The number of rotatable bonds is 4. The van der Waals surface area contributed by atoms with Crippen molar-refractivity contribution < 1.29 is 4.79 Å². The van der Waals surface area contributed by atoms with Crippen molar-refractivity contribution in [3.05, 3.63) is 46.7 Å². The predicted octanol–water partition coefficient (Wildman–Crippen LogP) is 3.52. The maximum absolute atomic E-state index is 12.9. The van der Waals surface area contributed by atoms with Gasteiger partial charge in [0.15, 0.2) is 0 Å². The number of nitrogens with one attached hydrogen (secondary N) is 2. The van der Waals surface area contributed by atoms with Crippen molar-refractivity contribution in [2.45, 2.75) is 51.6 Å². The summed E-state index contributed by atoms with van der Waals surface area (Å²) in [7, 11) is 0. The first-order valence-corrected chi connectivity index (χ1v) is 9.23. The topological polar surface area (TPSA) is 59.0 Å². The highest BCUT2D eigenvalue weighted by molar-refractivity contribution is 6.30. The Labute approximate surface area is 153 Å². The van der Waals surface area contributed by atoms with Crippen molar-refractivity contribution in [2.75, 3.05) is 6.54 Å². The van der Waals surface area contributed by atoms with E-state index >= 15 is 0 Å². The van der Waals surface area contributed by atoms with E-state index in [0.717, 1.165) is 30.8 Å². The average Bonchev–Trinajstić information content (AvgIpc) is 3.02. The summed E-state index contributed by atoms with van der Waals surface area (Å²) in [6, 6.07) is 7.95. The first kappa shape index (κ1) is 18.0. The van der Waals surface area contributed by atoms with Crippen molar-refractivity contribution in [3.63, 3.8) is 0 Å². The van der Waals surface area contributed by atoms with Crippen LogP contribution >= 0.6 is 11.6 Å². The second-order valence-corrected chi connectivity index (χ2v) is 7.39. The van der Waals surface area contributed by atoms with Gasteiger partial charge >= 0.3 is 0 Å². The van der Waals surface area contributed by atoms with Crippen LogP contribution in [0.25, 0.3) is 5.69 Å². The molecule has 134 valence electrons. The van der Waals surface area contributed by atoms with Crippen LogP contribution in [-0.2, 0) is 0 Å². The third-order valence-electron chi connectivity index (χ3n) is 4.73. The average molecular weight is 361 g/mol. The molecule has 25 heavy (non-hydrogen) atoms.